The lowest BCUT2D eigenvalue weighted by Crippen LogP contribution is -2.51. The van der Waals surface area contributed by atoms with Crippen molar-refractivity contribution in [3.8, 4) is 0 Å². The van der Waals surface area contributed by atoms with E-state index in [9.17, 15) is 14.4 Å². The summed E-state index contributed by atoms with van der Waals surface area (Å²) in [5.74, 6) is -1.62. The molecule has 0 fully saturated rings. The van der Waals surface area contributed by atoms with E-state index >= 15 is 0 Å². The van der Waals surface area contributed by atoms with Crippen LogP contribution in [0.5, 0.6) is 0 Å². The summed E-state index contributed by atoms with van der Waals surface area (Å²) in [7, 11) is 1.44. The highest BCUT2D eigenvalue weighted by Gasteiger charge is 2.25. The highest BCUT2D eigenvalue weighted by atomic mass is 16.4. The molecule has 0 saturated carbocycles. The molecule has 1 unspecified atom stereocenters. The lowest BCUT2D eigenvalue weighted by atomic mass is 10.1. The first-order valence-electron chi connectivity index (χ1n) is 6.19. The van der Waals surface area contributed by atoms with Crippen molar-refractivity contribution < 1.29 is 19.5 Å². The molecule has 7 nitrogen and oxygen atoms in total. The van der Waals surface area contributed by atoms with Crippen LogP contribution in [0.15, 0.2) is 0 Å². The predicted molar refractivity (Wildman–Crippen MR) is 70.7 cm³/mol. The summed E-state index contributed by atoms with van der Waals surface area (Å²) in [5, 5.41) is 14.0. The van der Waals surface area contributed by atoms with E-state index in [4.69, 9.17) is 5.11 Å². The number of hydrogen-bond donors (Lipinski definition) is 3. The van der Waals surface area contributed by atoms with Gasteiger partial charge in [0, 0.05) is 13.1 Å². The van der Waals surface area contributed by atoms with Crippen molar-refractivity contribution in [3.05, 3.63) is 0 Å². The molecule has 0 aliphatic rings. The zero-order valence-electron chi connectivity index (χ0n) is 12.1. The highest BCUT2D eigenvalue weighted by Crippen LogP contribution is 2.02. The van der Waals surface area contributed by atoms with Crippen molar-refractivity contribution in [2.75, 3.05) is 13.6 Å². The van der Waals surface area contributed by atoms with Gasteiger partial charge in [0.05, 0.1) is 0 Å². The molecule has 0 radical (unpaired) electrons. The standard InChI is InChI=1S/C12H23N3O4/c1-7(2)10(11(17)18)14-12(19)15(5)6-9(16)13-8(3)4/h7-8,10H,6H2,1-5H3,(H,13,16)(H,14,19)(H,17,18). The van der Waals surface area contributed by atoms with Gasteiger partial charge in [0.15, 0.2) is 0 Å². The fraction of sp³-hybridized carbons (Fsp3) is 0.750. The number of rotatable bonds is 6. The van der Waals surface area contributed by atoms with Crippen LogP contribution in [0.1, 0.15) is 27.7 Å². The maximum absolute atomic E-state index is 11.8. The lowest BCUT2D eigenvalue weighted by molar-refractivity contribution is -0.140. The highest BCUT2D eigenvalue weighted by molar-refractivity contribution is 5.86. The molecular formula is C12H23N3O4. The monoisotopic (exact) mass is 273 g/mol. The Hall–Kier alpha value is -1.79. The van der Waals surface area contributed by atoms with E-state index < -0.39 is 18.0 Å². The molecule has 0 aromatic heterocycles. The van der Waals surface area contributed by atoms with E-state index in [1.54, 1.807) is 13.8 Å². The van der Waals surface area contributed by atoms with Crippen LogP contribution >= 0.6 is 0 Å². The maximum Gasteiger partial charge on any atom is 0.326 e. The first-order chi connectivity index (χ1) is 8.65. The fourth-order valence-electron chi connectivity index (χ4n) is 1.41. The van der Waals surface area contributed by atoms with Gasteiger partial charge in [0.1, 0.15) is 12.6 Å². The number of carboxylic acid groups (broad SMARTS) is 1. The number of likely N-dealkylation sites (N-methyl/N-ethyl adjacent to an activating group) is 1. The second kappa shape index (κ2) is 7.60. The molecule has 0 bridgehead atoms. The zero-order chi connectivity index (χ0) is 15.2. The second-order valence-electron chi connectivity index (χ2n) is 5.09. The molecule has 0 aliphatic carbocycles. The van der Waals surface area contributed by atoms with Crippen LogP contribution in [0.4, 0.5) is 4.79 Å². The third kappa shape index (κ3) is 6.64. The van der Waals surface area contributed by atoms with Crippen molar-refractivity contribution in [2.24, 2.45) is 5.92 Å². The largest absolute Gasteiger partial charge is 0.480 e. The lowest BCUT2D eigenvalue weighted by Gasteiger charge is -2.23. The van der Waals surface area contributed by atoms with Crippen molar-refractivity contribution in [1.29, 1.82) is 0 Å². The number of amides is 3. The topological polar surface area (TPSA) is 98.7 Å². The summed E-state index contributed by atoms with van der Waals surface area (Å²) >= 11 is 0. The Morgan fingerprint density at radius 3 is 2.00 bits per heavy atom. The number of carbonyl (C=O) groups excluding carboxylic acids is 2. The Kier molecular flexibility index (Phi) is 6.89. The molecule has 0 aromatic carbocycles. The summed E-state index contributed by atoms with van der Waals surface area (Å²) in [6, 6.07) is -1.56. The summed E-state index contributed by atoms with van der Waals surface area (Å²) in [6.45, 7) is 6.91. The first kappa shape index (κ1) is 17.2. The molecule has 1 atom stereocenters. The SMILES string of the molecule is CC(C)NC(=O)CN(C)C(=O)NC(C(=O)O)C(C)C. The Labute approximate surface area is 113 Å². The molecule has 19 heavy (non-hydrogen) atoms. The number of aliphatic carboxylic acids is 1. The Balaban J connectivity index is 4.41. The van der Waals surface area contributed by atoms with Gasteiger partial charge in [-0.2, -0.15) is 0 Å². The van der Waals surface area contributed by atoms with Crippen molar-refractivity contribution in [2.45, 2.75) is 39.8 Å². The third-order valence-electron chi connectivity index (χ3n) is 2.39. The van der Waals surface area contributed by atoms with Gasteiger partial charge in [0.2, 0.25) is 5.91 Å². The smallest absolute Gasteiger partial charge is 0.326 e. The molecule has 0 heterocycles. The quantitative estimate of drug-likeness (QED) is 0.646. The third-order valence-corrected chi connectivity index (χ3v) is 2.39. The van der Waals surface area contributed by atoms with Gasteiger partial charge >= 0.3 is 12.0 Å². The zero-order valence-corrected chi connectivity index (χ0v) is 12.1. The van der Waals surface area contributed by atoms with E-state index in [0.29, 0.717) is 0 Å². The van der Waals surface area contributed by atoms with Crippen LogP contribution in [0.25, 0.3) is 0 Å². The molecule has 7 heteroatoms. The molecule has 0 aliphatic heterocycles. The summed E-state index contributed by atoms with van der Waals surface area (Å²) < 4.78 is 0. The normalized spacial score (nSPS) is 12.2. The number of carbonyl (C=O) groups is 3. The van der Waals surface area contributed by atoms with Crippen LogP contribution in [0.3, 0.4) is 0 Å². The van der Waals surface area contributed by atoms with Gasteiger partial charge in [-0.3, -0.25) is 4.79 Å². The molecule has 3 amide bonds. The molecule has 0 saturated heterocycles. The number of hydrogen-bond acceptors (Lipinski definition) is 3. The number of urea groups is 1. The van der Waals surface area contributed by atoms with E-state index in [1.807, 2.05) is 13.8 Å². The van der Waals surface area contributed by atoms with E-state index in [1.165, 1.54) is 7.05 Å². The van der Waals surface area contributed by atoms with Crippen molar-refractivity contribution in [1.82, 2.24) is 15.5 Å². The fourth-order valence-corrected chi connectivity index (χ4v) is 1.41. The molecule has 0 spiro atoms. The van der Waals surface area contributed by atoms with Gasteiger partial charge in [-0.05, 0) is 19.8 Å². The van der Waals surface area contributed by atoms with Crippen LogP contribution < -0.4 is 10.6 Å². The Morgan fingerprint density at radius 1 is 1.11 bits per heavy atom. The minimum absolute atomic E-state index is 0.00797. The second-order valence-corrected chi connectivity index (χ2v) is 5.09. The predicted octanol–water partition coefficient (Wildman–Crippen LogP) is 0.262. The Morgan fingerprint density at radius 2 is 1.63 bits per heavy atom. The number of carboxylic acids is 1. The molecule has 0 rings (SSSR count). The molecular weight excluding hydrogens is 250 g/mol. The maximum atomic E-state index is 11.8. The summed E-state index contributed by atoms with van der Waals surface area (Å²) in [4.78, 5) is 35.3. The van der Waals surface area contributed by atoms with E-state index in [-0.39, 0.29) is 24.4 Å². The van der Waals surface area contributed by atoms with Crippen molar-refractivity contribution >= 4 is 17.9 Å². The number of nitrogens with zero attached hydrogens (tertiary/aromatic N) is 1. The van der Waals surface area contributed by atoms with Gasteiger partial charge in [-0.1, -0.05) is 13.8 Å². The minimum atomic E-state index is -1.09. The van der Waals surface area contributed by atoms with Crippen LogP contribution in [-0.4, -0.2) is 53.6 Å². The van der Waals surface area contributed by atoms with Crippen LogP contribution in [0, 0.1) is 5.92 Å². The summed E-state index contributed by atoms with van der Waals surface area (Å²) in [6.07, 6.45) is 0. The first-order valence-corrected chi connectivity index (χ1v) is 6.19. The number of nitrogens with one attached hydrogen (secondary N) is 2. The molecule has 3 N–H and O–H groups in total. The molecule has 0 aromatic rings. The van der Waals surface area contributed by atoms with Gasteiger partial charge in [-0.15, -0.1) is 0 Å². The average molecular weight is 273 g/mol. The van der Waals surface area contributed by atoms with Crippen LogP contribution in [0.2, 0.25) is 0 Å². The van der Waals surface area contributed by atoms with E-state index in [0.717, 1.165) is 4.90 Å². The van der Waals surface area contributed by atoms with Crippen LogP contribution in [-0.2, 0) is 9.59 Å². The Bertz CT molecular complexity index is 342. The molecule has 110 valence electrons. The minimum Gasteiger partial charge on any atom is -0.480 e. The van der Waals surface area contributed by atoms with Crippen molar-refractivity contribution in [3.63, 3.8) is 0 Å². The van der Waals surface area contributed by atoms with E-state index in [2.05, 4.69) is 10.6 Å². The van der Waals surface area contributed by atoms with Gasteiger partial charge in [0.25, 0.3) is 0 Å². The summed E-state index contributed by atoms with van der Waals surface area (Å²) in [5.41, 5.74) is 0. The van der Waals surface area contributed by atoms with Gasteiger partial charge < -0.3 is 20.6 Å². The average Bonchev–Trinajstić information content (AvgIpc) is 2.22. The van der Waals surface area contributed by atoms with Gasteiger partial charge in [-0.25, -0.2) is 9.59 Å².